The van der Waals surface area contributed by atoms with Gasteiger partial charge in [-0.3, -0.25) is 0 Å². The highest BCUT2D eigenvalue weighted by Crippen LogP contribution is 2.26. The number of fused-ring (bicyclic) bond motifs is 1. The van der Waals surface area contributed by atoms with Gasteiger partial charge in [-0.1, -0.05) is 18.6 Å². The molecule has 1 aliphatic carbocycles. The molecule has 1 aliphatic heterocycles. The Balaban J connectivity index is 1.72. The van der Waals surface area contributed by atoms with Crippen molar-refractivity contribution in [1.82, 2.24) is 5.32 Å². The van der Waals surface area contributed by atoms with Crippen LogP contribution in [0.1, 0.15) is 36.8 Å². The Kier molecular flexibility index (Phi) is 2.83. The maximum atomic E-state index is 3.66. The zero-order valence-corrected chi connectivity index (χ0v) is 9.76. The molecule has 0 amide bonds. The largest absolute Gasteiger partial charge is 0.385 e. The smallest absolute Gasteiger partial charge is 0.0375 e. The lowest BCUT2D eigenvalue weighted by Crippen LogP contribution is -2.34. The second-order valence-corrected chi connectivity index (χ2v) is 4.98. The van der Waals surface area contributed by atoms with Crippen molar-refractivity contribution in [3.8, 4) is 0 Å². The van der Waals surface area contributed by atoms with Gasteiger partial charge in [-0.15, -0.1) is 0 Å². The summed E-state index contributed by atoms with van der Waals surface area (Å²) in [7, 11) is 0. The first-order chi connectivity index (χ1) is 7.93. The fourth-order valence-corrected chi connectivity index (χ4v) is 2.62. The molecule has 1 fully saturated rings. The van der Waals surface area contributed by atoms with Crippen molar-refractivity contribution in [2.75, 3.05) is 11.9 Å². The first-order valence-electron chi connectivity index (χ1n) is 6.51. The number of benzene rings is 1. The third-order valence-electron chi connectivity index (χ3n) is 3.88. The monoisotopic (exact) mass is 216 g/mol. The third kappa shape index (κ3) is 1.94. The molecular formula is C14H20N2. The van der Waals surface area contributed by atoms with Crippen LogP contribution in [0.15, 0.2) is 18.2 Å². The number of hydrogen-bond acceptors (Lipinski definition) is 2. The van der Waals surface area contributed by atoms with Crippen molar-refractivity contribution in [3.63, 3.8) is 0 Å². The highest BCUT2D eigenvalue weighted by molar-refractivity contribution is 5.56. The Morgan fingerprint density at radius 2 is 2.19 bits per heavy atom. The normalized spacial score (nSPS) is 19.8. The van der Waals surface area contributed by atoms with Crippen LogP contribution in [0.2, 0.25) is 0 Å². The van der Waals surface area contributed by atoms with Crippen molar-refractivity contribution in [2.24, 2.45) is 0 Å². The summed E-state index contributed by atoms with van der Waals surface area (Å²) in [6, 6.07) is 7.45. The molecule has 0 spiro atoms. The standard InChI is InChI=1S/C14H20N2/c1-4-11(10-16-12-5-2-6-12)13-7-3-9-15-14(13)8-1/h1,4,8,12,15-16H,2-3,5-7,9-10H2. The van der Waals surface area contributed by atoms with Crippen LogP contribution in [0.4, 0.5) is 5.69 Å². The van der Waals surface area contributed by atoms with Gasteiger partial charge in [0.15, 0.2) is 0 Å². The summed E-state index contributed by atoms with van der Waals surface area (Å²) >= 11 is 0. The molecule has 0 atom stereocenters. The number of hydrogen-bond donors (Lipinski definition) is 2. The SMILES string of the molecule is c1cc(CNC2CCC2)c2c(c1)NCCC2. The molecular weight excluding hydrogens is 196 g/mol. The maximum absolute atomic E-state index is 3.66. The van der Waals surface area contributed by atoms with Crippen LogP contribution in [-0.2, 0) is 13.0 Å². The predicted molar refractivity (Wildman–Crippen MR) is 67.7 cm³/mol. The molecule has 0 bridgehead atoms. The van der Waals surface area contributed by atoms with E-state index in [-0.39, 0.29) is 0 Å². The zero-order chi connectivity index (χ0) is 10.8. The van der Waals surface area contributed by atoms with Crippen molar-refractivity contribution in [3.05, 3.63) is 29.3 Å². The molecule has 0 aromatic heterocycles. The number of nitrogens with one attached hydrogen (secondary N) is 2. The lowest BCUT2D eigenvalue weighted by molar-refractivity contribution is 0.338. The molecule has 16 heavy (non-hydrogen) atoms. The highest BCUT2D eigenvalue weighted by Gasteiger charge is 2.17. The van der Waals surface area contributed by atoms with Gasteiger partial charge >= 0.3 is 0 Å². The molecule has 0 unspecified atom stereocenters. The Morgan fingerprint density at radius 3 is 3.00 bits per heavy atom. The Morgan fingerprint density at radius 1 is 1.25 bits per heavy atom. The molecule has 2 heteroatoms. The molecule has 2 aliphatic rings. The molecule has 0 radical (unpaired) electrons. The Bertz CT molecular complexity index is 369. The van der Waals surface area contributed by atoms with Crippen LogP contribution in [0.25, 0.3) is 0 Å². The average molecular weight is 216 g/mol. The molecule has 86 valence electrons. The summed E-state index contributed by atoms with van der Waals surface area (Å²) in [6.45, 7) is 2.18. The van der Waals surface area contributed by atoms with Gasteiger partial charge in [-0.05, 0) is 42.9 Å². The minimum atomic E-state index is 0.785. The minimum Gasteiger partial charge on any atom is -0.385 e. The molecule has 2 N–H and O–H groups in total. The highest BCUT2D eigenvalue weighted by atomic mass is 14.9. The van der Waals surface area contributed by atoms with Crippen molar-refractivity contribution in [2.45, 2.75) is 44.7 Å². The fourth-order valence-electron chi connectivity index (χ4n) is 2.62. The Labute approximate surface area is 97.4 Å². The van der Waals surface area contributed by atoms with Crippen LogP contribution in [0, 0.1) is 0 Å². The second-order valence-electron chi connectivity index (χ2n) is 4.98. The Hall–Kier alpha value is -1.02. The molecule has 1 saturated carbocycles. The fraction of sp³-hybridized carbons (Fsp3) is 0.571. The van der Waals surface area contributed by atoms with Crippen LogP contribution < -0.4 is 10.6 Å². The third-order valence-corrected chi connectivity index (χ3v) is 3.88. The molecule has 1 aromatic rings. The maximum Gasteiger partial charge on any atom is 0.0375 e. The van der Waals surface area contributed by atoms with E-state index >= 15 is 0 Å². The van der Waals surface area contributed by atoms with Crippen molar-refractivity contribution < 1.29 is 0 Å². The van der Waals surface area contributed by atoms with Gasteiger partial charge in [0.25, 0.3) is 0 Å². The van der Waals surface area contributed by atoms with Gasteiger partial charge in [0.05, 0.1) is 0 Å². The average Bonchev–Trinajstić information content (AvgIpc) is 2.27. The lowest BCUT2D eigenvalue weighted by atomic mass is 9.92. The summed E-state index contributed by atoms with van der Waals surface area (Å²) in [5.41, 5.74) is 4.40. The summed E-state index contributed by atoms with van der Waals surface area (Å²) in [6.07, 6.45) is 6.66. The predicted octanol–water partition coefficient (Wildman–Crippen LogP) is 2.69. The van der Waals surface area contributed by atoms with E-state index in [4.69, 9.17) is 0 Å². The summed E-state index contributed by atoms with van der Waals surface area (Å²) in [4.78, 5) is 0. The van der Waals surface area contributed by atoms with Crippen LogP contribution in [0.3, 0.4) is 0 Å². The quantitative estimate of drug-likeness (QED) is 0.811. The van der Waals surface area contributed by atoms with Crippen LogP contribution >= 0.6 is 0 Å². The van der Waals surface area contributed by atoms with Gasteiger partial charge in [0.2, 0.25) is 0 Å². The van der Waals surface area contributed by atoms with Gasteiger partial charge in [0, 0.05) is 24.8 Å². The van der Waals surface area contributed by atoms with E-state index in [2.05, 4.69) is 28.8 Å². The lowest BCUT2D eigenvalue weighted by Gasteiger charge is -2.28. The van der Waals surface area contributed by atoms with E-state index in [9.17, 15) is 0 Å². The topological polar surface area (TPSA) is 24.1 Å². The number of anilines is 1. The van der Waals surface area contributed by atoms with Crippen LogP contribution in [-0.4, -0.2) is 12.6 Å². The van der Waals surface area contributed by atoms with Gasteiger partial charge in [-0.25, -0.2) is 0 Å². The molecule has 2 nitrogen and oxygen atoms in total. The van der Waals surface area contributed by atoms with Crippen molar-refractivity contribution >= 4 is 5.69 Å². The van der Waals surface area contributed by atoms with Gasteiger partial charge in [0.1, 0.15) is 0 Å². The van der Waals surface area contributed by atoms with E-state index in [0.717, 1.165) is 19.1 Å². The molecule has 1 aromatic carbocycles. The van der Waals surface area contributed by atoms with E-state index in [1.165, 1.54) is 43.4 Å². The van der Waals surface area contributed by atoms with E-state index in [1.807, 2.05) is 0 Å². The van der Waals surface area contributed by atoms with Crippen LogP contribution in [0.5, 0.6) is 0 Å². The second kappa shape index (κ2) is 4.46. The first kappa shape index (κ1) is 10.2. The van der Waals surface area contributed by atoms with Gasteiger partial charge < -0.3 is 10.6 Å². The van der Waals surface area contributed by atoms with E-state index < -0.39 is 0 Å². The zero-order valence-electron chi connectivity index (χ0n) is 9.76. The van der Waals surface area contributed by atoms with E-state index in [0.29, 0.717) is 0 Å². The molecule has 0 saturated heterocycles. The molecule has 1 heterocycles. The van der Waals surface area contributed by atoms with E-state index in [1.54, 1.807) is 5.56 Å². The summed E-state index contributed by atoms with van der Waals surface area (Å²) in [5.74, 6) is 0. The summed E-state index contributed by atoms with van der Waals surface area (Å²) in [5, 5.41) is 7.15. The summed E-state index contributed by atoms with van der Waals surface area (Å²) < 4.78 is 0. The van der Waals surface area contributed by atoms with Gasteiger partial charge in [-0.2, -0.15) is 0 Å². The number of rotatable bonds is 3. The molecule has 3 rings (SSSR count). The first-order valence-corrected chi connectivity index (χ1v) is 6.51. The van der Waals surface area contributed by atoms with Crippen molar-refractivity contribution in [1.29, 1.82) is 0 Å². The minimum absolute atomic E-state index is 0.785.